The molecule has 2 aromatic carbocycles. The summed E-state index contributed by atoms with van der Waals surface area (Å²) >= 11 is 0. The fourth-order valence-corrected chi connectivity index (χ4v) is 3.51. The van der Waals surface area contributed by atoms with Crippen molar-refractivity contribution in [2.75, 3.05) is 63.8 Å². The van der Waals surface area contributed by atoms with Crippen molar-refractivity contribution in [3.8, 4) is 23.0 Å². The van der Waals surface area contributed by atoms with Gasteiger partial charge in [-0.3, -0.25) is 0 Å². The molecule has 2 aliphatic heterocycles. The predicted octanol–water partition coefficient (Wildman–Crippen LogP) is 2.83. The molecule has 4 rings (SSSR count). The minimum absolute atomic E-state index is 0.117. The molecular formula is C21H25N3O5. The molecule has 8 heteroatoms. The Morgan fingerprint density at radius 1 is 0.897 bits per heavy atom. The number of methoxy groups -OCH3 is 2. The molecule has 2 amide bonds. The Hall–Kier alpha value is -3.29. The van der Waals surface area contributed by atoms with Crippen LogP contribution in [0.4, 0.5) is 16.2 Å². The Balaban J connectivity index is 1.35. The van der Waals surface area contributed by atoms with E-state index < -0.39 is 0 Å². The number of nitrogens with zero attached hydrogens (tertiary/aromatic N) is 2. The van der Waals surface area contributed by atoms with E-state index in [9.17, 15) is 4.79 Å². The van der Waals surface area contributed by atoms with Crippen molar-refractivity contribution in [2.45, 2.75) is 0 Å². The van der Waals surface area contributed by atoms with Crippen LogP contribution in [0.3, 0.4) is 0 Å². The number of urea groups is 1. The molecule has 2 heterocycles. The highest BCUT2D eigenvalue weighted by Crippen LogP contribution is 2.33. The number of hydrogen-bond donors (Lipinski definition) is 1. The van der Waals surface area contributed by atoms with E-state index in [1.165, 1.54) is 0 Å². The molecule has 154 valence electrons. The first-order valence-corrected chi connectivity index (χ1v) is 9.60. The normalized spacial score (nSPS) is 15.7. The molecule has 2 aliphatic rings. The number of rotatable bonds is 4. The van der Waals surface area contributed by atoms with Crippen molar-refractivity contribution in [2.24, 2.45) is 0 Å². The van der Waals surface area contributed by atoms with Gasteiger partial charge in [-0.25, -0.2) is 4.79 Å². The van der Waals surface area contributed by atoms with Crippen LogP contribution in [0.2, 0.25) is 0 Å². The first-order valence-electron chi connectivity index (χ1n) is 9.60. The third-order valence-corrected chi connectivity index (χ3v) is 5.09. The summed E-state index contributed by atoms with van der Waals surface area (Å²) in [6.45, 7) is 3.80. The van der Waals surface area contributed by atoms with Crippen molar-refractivity contribution in [3.63, 3.8) is 0 Å². The molecule has 0 atom stereocenters. The van der Waals surface area contributed by atoms with Gasteiger partial charge in [0.05, 0.1) is 14.2 Å². The second-order valence-electron chi connectivity index (χ2n) is 6.80. The third kappa shape index (κ3) is 4.11. The molecule has 0 spiro atoms. The molecule has 8 nitrogen and oxygen atoms in total. The van der Waals surface area contributed by atoms with Crippen molar-refractivity contribution in [1.82, 2.24) is 4.90 Å². The van der Waals surface area contributed by atoms with Gasteiger partial charge in [-0.1, -0.05) is 0 Å². The maximum Gasteiger partial charge on any atom is 0.321 e. The van der Waals surface area contributed by atoms with E-state index in [1.54, 1.807) is 20.3 Å². The van der Waals surface area contributed by atoms with Gasteiger partial charge in [0.1, 0.15) is 13.2 Å². The van der Waals surface area contributed by atoms with E-state index in [1.807, 2.05) is 35.2 Å². The van der Waals surface area contributed by atoms with Gasteiger partial charge in [0.15, 0.2) is 23.0 Å². The number of carbonyl (C=O) groups excluding carboxylic acids is 1. The Bertz CT molecular complexity index is 881. The molecule has 0 aromatic heterocycles. The minimum atomic E-state index is -0.117. The average Bonchev–Trinajstić information content (AvgIpc) is 2.78. The summed E-state index contributed by atoms with van der Waals surface area (Å²) in [7, 11) is 3.25. The first kappa shape index (κ1) is 19.0. The number of fused-ring (bicyclic) bond motifs is 1. The summed E-state index contributed by atoms with van der Waals surface area (Å²) in [5, 5.41) is 2.95. The third-order valence-electron chi connectivity index (χ3n) is 5.09. The standard InChI is InChI=1S/C21H25N3O5/c1-26-17-6-4-16(14-19(17)27-2)23-7-9-24(10-8-23)21(25)22-15-3-5-18-20(13-15)29-12-11-28-18/h3-6,13-14H,7-12H2,1-2H3,(H,22,25). The maximum atomic E-state index is 12.7. The quantitative estimate of drug-likeness (QED) is 0.853. The fraction of sp³-hybridized carbons (Fsp3) is 0.381. The minimum Gasteiger partial charge on any atom is -0.493 e. The SMILES string of the molecule is COc1ccc(N2CCN(C(=O)Nc3ccc4c(c3)OCCO4)CC2)cc1OC. The van der Waals surface area contributed by atoms with E-state index >= 15 is 0 Å². The number of anilines is 2. The summed E-state index contributed by atoms with van der Waals surface area (Å²) < 4.78 is 21.8. The topological polar surface area (TPSA) is 72.5 Å². The van der Waals surface area contributed by atoms with Crippen molar-refractivity contribution < 1.29 is 23.7 Å². The molecule has 0 radical (unpaired) electrons. The fourth-order valence-electron chi connectivity index (χ4n) is 3.51. The smallest absolute Gasteiger partial charge is 0.321 e. The van der Waals surface area contributed by atoms with Crippen LogP contribution >= 0.6 is 0 Å². The molecule has 1 saturated heterocycles. The lowest BCUT2D eigenvalue weighted by Crippen LogP contribution is -2.50. The molecule has 0 aliphatic carbocycles. The maximum absolute atomic E-state index is 12.7. The zero-order chi connectivity index (χ0) is 20.2. The number of carbonyl (C=O) groups is 1. The van der Waals surface area contributed by atoms with Crippen molar-refractivity contribution >= 4 is 17.4 Å². The van der Waals surface area contributed by atoms with Gasteiger partial charge in [-0.15, -0.1) is 0 Å². The van der Waals surface area contributed by atoms with E-state index in [4.69, 9.17) is 18.9 Å². The van der Waals surface area contributed by atoms with Crippen LogP contribution in [0.5, 0.6) is 23.0 Å². The number of piperazine rings is 1. The highest BCUT2D eigenvalue weighted by molar-refractivity contribution is 5.90. The second kappa shape index (κ2) is 8.38. The van der Waals surface area contributed by atoms with Crippen LogP contribution in [0.15, 0.2) is 36.4 Å². The van der Waals surface area contributed by atoms with Gasteiger partial charge in [0.2, 0.25) is 0 Å². The highest BCUT2D eigenvalue weighted by atomic mass is 16.6. The molecule has 0 unspecified atom stereocenters. The number of benzene rings is 2. The number of ether oxygens (including phenoxy) is 4. The largest absolute Gasteiger partial charge is 0.493 e. The number of nitrogens with one attached hydrogen (secondary N) is 1. The summed E-state index contributed by atoms with van der Waals surface area (Å²) in [6.07, 6.45) is 0. The van der Waals surface area contributed by atoms with Gasteiger partial charge >= 0.3 is 6.03 Å². The van der Waals surface area contributed by atoms with Crippen LogP contribution in [0.1, 0.15) is 0 Å². The van der Waals surface area contributed by atoms with E-state index in [0.717, 1.165) is 18.8 Å². The number of hydrogen-bond acceptors (Lipinski definition) is 6. The van der Waals surface area contributed by atoms with Crippen molar-refractivity contribution in [1.29, 1.82) is 0 Å². The average molecular weight is 399 g/mol. The second-order valence-corrected chi connectivity index (χ2v) is 6.80. The van der Waals surface area contributed by atoms with Gasteiger partial charge in [-0.05, 0) is 24.3 Å². The lowest BCUT2D eigenvalue weighted by Gasteiger charge is -2.36. The molecule has 2 aromatic rings. The monoisotopic (exact) mass is 399 g/mol. The summed E-state index contributed by atoms with van der Waals surface area (Å²) in [6, 6.07) is 11.2. The van der Waals surface area contributed by atoms with Crippen LogP contribution in [-0.2, 0) is 0 Å². The summed E-state index contributed by atoms with van der Waals surface area (Å²) in [5.41, 5.74) is 1.75. The van der Waals surface area contributed by atoms with E-state index in [0.29, 0.717) is 55.0 Å². The van der Waals surface area contributed by atoms with Crippen LogP contribution in [0, 0.1) is 0 Å². The van der Waals surface area contributed by atoms with Crippen molar-refractivity contribution in [3.05, 3.63) is 36.4 Å². The molecule has 29 heavy (non-hydrogen) atoms. The zero-order valence-corrected chi connectivity index (χ0v) is 16.6. The molecule has 0 saturated carbocycles. The van der Waals surface area contributed by atoms with Crippen LogP contribution in [-0.4, -0.2) is 64.5 Å². The molecular weight excluding hydrogens is 374 g/mol. The summed E-state index contributed by atoms with van der Waals surface area (Å²) in [4.78, 5) is 16.7. The molecule has 0 bridgehead atoms. The molecule has 1 fully saturated rings. The lowest BCUT2D eigenvalue weighted by atomic mass is 10.2. The van der Waals surface area contributed by atoms with Crippen LogP contribution < -0.4 is 29.2 Å². The van der Waals surface area contributed by atoms with Gasteiger partial charge in [-0.2, -0.15) is 0 Å². The number of amides is 2. The Labute approximate surface area is 169 Å². The Morgan fingerprint density at radius 3 is 2.34 bits per heavy atom. The van der Waals surface area contributed by atoms with Gasteiger partial charge in [0, 0.05) is 49.7 Å². The van der Waals surface area contributed by atoms with Gasteiger partial charge < -0.3 is 34.1 Å². The Kier molecular flexibility index (Phi) is 5.50. The summed E-state index contributed by atoms with van der Waals surface area (Å²) in [5.74, 6) is 2.77. The van der Waals surface area contributed by atoms with E-state index in [2.05, 4.69) is 10.2 Å². The molecule has 1 N–H and O–H groups in total. The van der Waals surface area contributed by atoms with Crippen LogP contribution in [0.25, 0.3) is 0 Å². The lowest BCUT2D eigenvalue weighted by molar-refractivity contribution is 0.171. The highest BCUT2D eigenvalue weighted by Gasteiger charge is 2.22. The van der Waals surface area contributed by atoms with Gasteiger partial charge in [0.25, 0.3) is 0 Å². The Morgan fingerprint density at radius 2 is 1.62 bits per heavy atom. The predicted molar refractivity (Wildman–Crippen MR) is 110 cm³/mol. The zero-order valence-electron chi connectivity index (χ0n) is 16.6. The first-order chi connectivity index (χ1) is 14.2. The van der Waals surface area contributed by atoms with E-state index in [-0.39, 0.29) is 6.03 Å².